The Morgan fingerprint density at radius 1 is 1.37 bits per heavy atom. The van der Waals surface area contributed by atoms with Crippen LogP contribution in [0.3, 0.4) is 0 Å². The number of hydrogen-bond acceptors (Lipinski definition) is 5. The molecule has 1 aromatic carbocycles. The van der Waals surface area contributed by atoms with Crippen molar-refractivity contribution in [3.63, 3.8) is 0 Å². The molecule has 0 saturated heterocycles. The Labute approximate surface area is 110 Å². The second kappa shape index (κ2) is 5.72. The van der Waals surface area contributed by atoms with Gasteiger partial charge in [0.25, 0.3) is 5.69 Å². The van der Waals surface area contributed by atoms with Gasteiger partial charge in [0.1, 0.15) is 0 Å². The smallest absolute Gasteiger partial charge is 0.271 e. The third-order valence-electron chi connectivity index (χ3n) is 2.49. The largest absolute Gasteiger partial charge is 0.278 e. The summed E-state index contributed by atoms with van der Waals surface area (Å²) in [6, 6.07) is 9.90. The maximum Gasteiger partial charge on any atom is 0.271 e. The van der Waals surface area contributed by atoms with Gasteiger partial charge in [-0.1, -0.05) is 12.1 Å². The maximum absolute atomic E-state index is 10.6. The minimum Gasteiger partial charge on any atom is -0.278 e. The number of rotatable bonds is 4. The molecule has 2 aromatic rings. The van der Waals surface area contributed by atoms with Gasteiger partial charge in [-0.3, -0.25) is 20.5 Å². The predicted molar refractivity (Wildman–Crippen MR) is 73.2 cm³/mol. The van der Waals surface area contributed by atoms with E-state index in [1.165, 1.54) is 12.1 Å². The number of benzene rings is 1. The van der Waals surface area contributed by atoms with Crippen molar-refractivity contribution >= 4 is 17.1 Å². The molecular formula is C13H12N4O2. The summed E-state index contributed by atoms with van der Waals surface area (Å²) in [4.78, 5) is 14.2. The van der Waals surface area contributed by atoms with Crippen molar-refractivity contribution < 1.29 is 4.92 Å². The molecule has 0 radical (unpaired) electrons. The minimum atomic E-state index is -0.442. The van der Waals surface area contributed by atoms with Gasteiger partial charge < -0.3 is 0 Å². The molecule has 0 aliphatic carbocycles. The Balaban J connectivity index is 2.14. The number of pyridine rings is 1. The third kappa shape index (κ3) is 3.35. The summed E-state index contributed by atoms with van der Waals surface area (Å²) < 4.78 is 0. The lowest BCUT2D eigenvalue weighted by molar-refractivity contribution is -0.384. The third-order valence-corrected chi connectivity index (χ3v) is 2.49. The fraction of sp³-hybridized carbons (Fsp3) is 0.0769. The molecule has 0 amide bonds. The van der Waals surface area contributed by atoms with E-state index in [1.54, 1.807) is 24.5 Å². The van der Waals surface area contributed by atoms with Crippen molar-refractivity contribution in [3.8, 4) is 0 Å². The number of hydrogen-bond donors (Lipinski definition) is 1. The van der Waals surface area contributed by atoms with Crippen LogP contribution in [0.15, 0.2) is 53.9 Å². The number of nitrogens with one attached hydrogen (secondary N) is 1. The van der Waals surface area contributed by atoms with Crippen LogP contribution < -0.4 is 5.43 Å². The highest BCUT2D eigenvalue weighted by molar-refractivity contribution is 5.98. The monoisotopic (exact) mass is 256 g/mol. The number of nitro benzene ring substituents is 1. The van der Waals surface area contributed by atoms with Gasteiger partial charge in [-0.2, -0.15) is 5.10 Å². The van der Waals surface area contributed by atoms with Crippen LogP contribution in [0.5, 0.6) is 0 Å². The average Bonchev–Trinajstić information content (AvgIpc) is 2.46. The molecule has 2 rings (SSSR count). The lowest BCUT2D eigenvalue weighted by atomic mass is 10.2. The molecule has 6 heteroatoms. The first-order valence-electron chi connectivity index (χ1n) is 5.62. The fourth-order valence-corrected chi connectivity index (χ4v) is 1.48. The molecular weight excluding hydrogens is 244 g/mol. The van der Waals surface area contributed by atoms with Crippen LogP contribution in [0.2, 0.25) is 0 Å². The average molecular weight is 256 g/mol. The Hall–Kier alpha value is -2.76. The highest BCUT2D eigenvalue weighted by Gasteiger charge is 2.05. The molecule has 0 aliphatic heterocycles. The standard InChI is InChI=1S/C13H12N4O2/c1-10(11-4-3-7-14-9-11)15-16-12-5-2-6-13(8-12)17(18)19/h2-9,16H,1H3/b15-10+. The summed E-state index contributed by atoms with van der Waals surface area (Å²) in [5.74, 6) is 0. The number of aromatic nitrogens is 1. The number of nitrogens with zero attached hydrogens (tertiary/aromatic N) is 3. The molecule has 0 fully saturated rings. The van der Waals surface area contributed by atoms with E-state index in [1.807, 2.05) is 19.1 Å². The molecule has 0 atom stereocenters. The van der Waals surface area contributed by atoms with Crippen molar-refractivity contribution in [2.75, 3.05) is 5.43 Å². The van der Waals surface area contributed by atoms with E-state index in [4.69, 9.17) is 0 Å². The van der Waals surface area contributed by atoms with Crippen molar-refractivity contribution in [2.24, 2.45) is 5.10 Å². The zero-order chi connectivity index (χ0) is 13.7. The molecule has 1 aromatic heterocycles. The van der Waals surface area contributed by atoms with E-state index in [9.17, 15) is 10.1 Å². The van der Waals surface area contributed by atoms with Crippen molar-refractivity contribution in [3.05, 3.63) is 64.5 Å². The summed E-state index contributed by atoms with van der Waals surface area (Å²) in [5, 5.41) is 14.8. The van der Waals surface area contributed by atoms with Crippen LogP contribution in [-0.2, 0) is 0 Å². The summed E-state index contributed by atoms with van der Waals surface area (Å²) in [5.41, 5.74) is 5.03. The van der Waals surface area contributed by atoms with Gasteiger partial charge in [0, 0.05) is 30.1 Å². The molecule has 0 saturated carbocycles. The summed E-state index contributed by atoms with van der Waals surface area (Å²) in [7, 11) is 0. The number of nitro groups is 1. The highest BCUT2D eigenvalue weighted by Crippen LogP contribution is 2.17. The van der Waals surface area contributed by atoms with E-state index in [0.717, 1.165) is 11.3 Å². The highest BCUT2D eigenvalue weighted by atomic mass is 16.6. The van der Waals surface area contributed by atoms with E-state index >= 15 is 0 Å². The van der Waals surface area contributed by atoms with Crippen LogP contribution in [-0.4, -0.2) is 15.6 Å². The first kappa shape index (κ1) is 12.7. The molecule has 19 heavy (non-hydrogen) atoms. The molecule has 0 unspecified atom stereocenters. The van der Waals surface area contributed by atoms with Gasteiger partial charge in [-0.05, 0) is 19.1 Å². The Morgan fingerprint density at radius 2 is 2.21 bits per heavy atom. The van der Waals surface area contributed by atoms with Gasteiger partial charge in [0.2, 0.25) is 0 Å². The Morgan fingerprint density at radius 3 is 2.89 bits per heavy atom. The summed E-state index contributed by atoms with van der Waals surface area (Å²) in [6.45, 7) is 1.83. The number of anilines is 1. The normalized spacial score (nSPS) is 11.1. The first-order chi connectivity index (χ1) is 9.16. The van der Waals surface area contributed by atoms with Crippen molar-refractivity contribution in [1.29, 1.82) is 0 Å². The SMILES string of the molecule is C/C(=N\Nc1cccc([N+](=O)[O-])c1)c1cccnc1. The lowest BCUT2D eigenvalue weighted by Gasteiger charge is -2.03. The molecule has 0 aliphatic rings. The van der Waals surface area contributed by atoms with Crippen LogP contribution in [0.25, 0.3) is 0 Å². The predicted octanol–water partition coefficient (Wildman–Crippen LogP) is 2.83. The zero-order valence-electron chi connectivity index (χ0n) is 10.3. The summed E-state index contributed by atoms with van der Waals surface area (Å²) >= 11 is 0. The Kier molecular flexibility index (Phi) is 3.82. The van der Waals surface area contributed by atoms with Gasteiger partial charge in [-0.25, -0.2) is 0 Å². The van der Waals surface area contributed by atoms with E-state index in [-0.39, 0.29) is 5.69 Å². The molecule has 0 bridgehead atoms. The van der Waals surface area contributed by atoms with Crippen LogP contribution in [0.1, 0.15) is 12.5 Å². The van der Waals surface area contributed by atoms with Gasteiger partial charge in [0.05, 0.1) is 16.3 Å². The fourth-order valence-electron chi connectivity index (χ4n) is 1.48. The Bertz CT molecular complexity index is 611. The van der Waals surface area contributed by atoms with Crippen LogP contribution in [0, 0.1) is 10.1 Å². The van der Waals surface area contributed by atoms with Gasteiger partial charge in [-0.15, -0.1) is 0 Å². The molecule has 1 N–H and O–H groups in total. The van der Waals surface area contributed by atoms with Gasteiger partial charge >= 0.3 is 0 Å². The van der Waals surface area contributed by atoms with Crippen molar-refractivity contribution in [1.82, 2.24) is 4.98 Å². The van der Waals surface area contributed by atoms with Crippen molar-refractivity contribution in [2.45, 2.75) is 6.92 Å². The second-order valence-corrected chi connectivity index (χ2v) is 3.86. The quantitative estimate of drug-likeness (QED) is 0.518. The second-order valence-electron chi connectivity index (χ2n) is 3.86. The topological polar surface area (TPSA) is 80.4 Å². The van der Waals surface area contributed by atoms with E-state index in [2.05, 4.69) is 15.5 Å². The molecule has 96 valence electrons. The van der Waals surface area contributed by atoms with E-state index in [0.29, 0.717) is 5.69 Å². The number of non-ortho nitro benzene ring substituents is 1. The first-order valence-corrected chi connectivity index (χ1v) is 5.62. The number of hydrazone groups is 1. The molecule has 1 heterocycles. The lowest BCUT2D eigenvalue weighted by Crippen LogP contribution is -2.00. The van der Waals surface area contributed by atoms with Gasteiger partial charge in [0.15, 0.2) is 0 Å². The van der Waals surface area contributed by atoms with Crippen LogP contribution >= 0.6 is 0 Å². The minimum absolute atomic E-state index is 0.0271. The van der Waals surface area contributed by atoms with E-state index < -0.39 is 4.92 Å². The molecule has 6 nitrogen and oxygen atoms in total. The zero-order valence-corrected chi connectivity index (χ0v) is 10.3. The molecule has 0 spiro atoms. The summed E-state index contributed by atoms with van der Waals surface area (Å²) in [6.07, 6.45) is 3.39. The maximum atomic E-state index is 10.6. The van der Waals surface area contributed by atoms with Crippen LogP contribution in [0.4, 0.5) is 11.4 Å².